The van der Waals surface area contributed by atoms with Gasteiger partial charge in [-0.05, 0) is 50.6 Å². The lowest BCUT2D eigenvalue weighted by Gasteiger charge is -2.37. The molecule has 0 spiro atoms. The summed E-state index contributed by atoms with van der Waals surface area (Å²) < 4.78 is 0. The standard InChI is InChI=1S/C17H33N3O/c1-14(2)16(18)17(21)20-11-7-8-15(13-20)12-19-9-5-3-4-6-10-19/h14-16H,3-13,18H2,1-2H3/t15?,16-/m0/s1. The highest BCUT2D eigenvalue weighted by Gasteiger charge is 2.29. The Morgan fingerprint density at radius 2 is 1.76 bits per heavy atom. The van der Waals surface area contributed by atoms with E-state index >= 15 is 0 Å². The molecule has 1 amide bonds. The Hall–Kier alpha value is -0.610. The van der Waals surface area contributed by atoms with Crippen molar-refractivity contribution in [1.29, 1.82) is 0 Å². The second-order valence-corrected chi connectivity index (χ2v) is 7.28. The fraction of sp³-hybridized carbons (Fsp3) is 0.941. The molecule has 2 rings (SSSR count). The average molecular weight is 295 g/mol. The lowest BCUT2D eigenvalue weighted by Crippen LogP contribution is -2.51. The molecular weight excluding hydrogens is 262 g/mol. The summed E-state index contributed by atoms with van der Waals surface area (Å²) in [6.07, 6.45) is 7.84. The predicted octanol–water partition coefficient (Wildman–Crippen LogP) is 2.08. The zero-order chi connectivity index (χ0) is 15.2. The van der Waals surface area contributed by atoms with E-state index in [1.165, 1.54) is 51.7 Å². The molecule has 2 fully saturated rings. The summed E-state index contributed by atoms with van der Waals surface area (Å²) in [5.74, 6) is 1.02. The van der Waals surface area contributed by atoms with Gasteiger partial charge in [0.15, 0.2) is 0 Å². The number of carbonyl (C=O) groups is 1. The van der Waals surface area contributed by atoms with Crippen molar-refractivity contribution >= 4 is 5.91 Å². The quantitative estimate of drug-likeness (QED) is 0.864. The molecule has 2 heterocycles. The number of carbonyl (C=O) groups excluding carboxylic acids is 1. The molecule has 0 aromatic heterocycles. The first-order valence-corrected chi connectivity index (χ1v) is 8.84. The predicted molar refractivity (Wildman–Crippen MR) is 87.0 cm³/mol. The van der Waals surface area contributed by atoms with Crippen LogP contribution in [-0.2, 0) is 4.79 Å². The van der Waals surface area contributed by atoms with Gasteiger partial charge in [-0.3, -0.25) is 4.79 Å². The van der Waals surface area contributed by atoms with Gasteiger partial charge in [-0.15, -0.1) is 0 Å². The minimum atomic E-state index is -0.332. The summed E-state index contributed by atoms with van der Waals surface area (Å²) in [6.45, 7) is 9.53. The maximum Gasteiger partial charge on any atom is 0.239 e. The van der Waals surface area contributed by atoms with E-state index in [-0.39, 0.29) is 17.9 Å². The zero-order valence-electron chi connectivity index (χ0n) is 13.9. The molecule has 2 atom stereocenters. The SMILES string of the molecule is CC(C)[C@H](N)C(=O)N1CCCC(CN2CCCCCC2)C1. The molecule has 21 heavy (non-hydrogen) atoms. The van der Waals surface area contributed by atoms with Crippen LogP contribution in [-0.4, -0.2) is 54.5 Å². The number of rotatable bonds is 4. The third kappa shape index (κ3) is 4.96. The Bertz CT molecular complexity index is 324. The molecule has 122 valence electrons. The first-order chi connectivity index (χ1) is 10.1. The first-order valence-electron chi connectivity index (χ1n) is 8.84. The molecule has 0 saturated carbocycles. The summed E-state index contributed by atoms with van der Waals surface area (Å²) in [6, 6.07) is -0.332. The van der Waals surface area contributed by atoms with Crippen molar-refractivity contribution in [1.82, 2.24) is 9.80 Å². The van der Waals surface area contributed by atoms with E-state index in [2.05, 4.69) is 4.90 Å². The van der Waals surface area contributed by atoms with Gasteiger partial charge in [-0.25, -0.2) is 0 Å². The molecule has 2 saturated heterocycles. The first kappa shape index (κ1) is 16.8. The van der Waals surface area contributed by atoms with Crippen LogP contribution in [0, 0.1) is 11.8 Å². The van der Waals surface area contributed by atoms with Crippen molar-refractivity contribution in [2.45, 2.75) is 58.4 Å². The van der Waals surface area contributed by atoms with Gasteiger partial charge in [0.2, 0.25) is 5.91 Å². The smallest absolute Gasteiger partial charge is 0.239 e. The highest BCUT2D eigenvalue weighted by atomic mass is 16.2. The molecule has 0 aromatic rings. The molecule has 4 nitrogen and oxygen atoms in total. The number of amides is 1. The van der Waals surface area contributed by atoms with E-state index in [0.29, 0.717) is 5.92 Å². The van der Waals surface area contributed by atoms with Crippen LogP contribution in [0.1, 0.15) is 52.4 Å². The minimum Gasteiger partial charge on any atom is -0.341 e. The molecule has 2 aliphatic heterocycles. The fourth-order valence-electron chi connectivity index (χ4n) is 3.59. The van der Waals surface area contributed by atoms with Gasteiger partial charge < -0.3 is 15.5 Å². The van der Waals surface area contributed by atoms with Crippen molar-refractivity contribution in [3.05, 3.63) is 0 Å². The van der Waals surface area contributed by atoms with E-state index in [9.17, 15) is 4.79 Å². The van der Waals surface area contributed by atoms with Crippen LogP contribution in [0.15, 0.2) is 0 Å². The van der Waals surface area contributed by atoms with E-state index < -0.39 is 0 Å². The Balaban J connectivity index is 1.83. The van der Waals surface area contributed by atoms with Gasteiger partial charge in [0, 0.05) is 19.6 Å². The average Bonchev–Trinajstić information content (AvgIpc) is 2.74. The van der Waals surface area contributed by atoms with Gasteiger partial charge in [-0.2, -0.15) is 0 Å². The second-order valence-electron chi connectivity index (χ2n) is 7.28. The highest BCUT2D eigenvalue weighted by Crippen LogP contribution is 2.20. The molecule has 2 aliphatic rings. The van der Waals surface area contributed by atoms with Crippen LogP contribution in [0.4, 0.5) is 0 Å². The monoisotopic (exact) mass is 295 g/mol. The summed E-state index contributed by atoms with van der Waals surface area (Å²) in [5.41, 5.74) is 6.04. The molecule has 4 heteroatoms. The van der Waals surface area contributed by atoms with E-state index in [1.807, 2.05) is 18.7 Å². The Morgan fingerprint density at radius 1 is 1.10 bits per heavy atom. The van der Waals surface area contributed by atoms with Crippen LogP contribution in [0.2, 0.25) is 0 Å². The Kier molecular flexibility index (Phi) is 6.49. The summed E-state index contributed by atoms with van der Waals surface area (Å²) in [4.78, 5) is 17.1. The molecule has 0 bridgehead atoms. The number of nitrogens with zero attached hydrogens (tertiary/aromatic N) is 2. The van der Waals surface area contributed by atoms with Crippen molar-refractivity contribution in [2.24, 2.45) is 17.6 Å². The van der Waals surface area contributed by atoms with E-state index in [0.717, 1.165) is 19.5 Å². The molecule has 0 aromatic carbocycles. The molecule has 2 N–H and O–H groups in total. The van der Waals surface area contributed by atoms with Crippen molar-refractivity contribution in [3.8, 4) is 0 Å². The van der Waals surface area contributed by atoms with Gasteiger partial charge in [0.25, 0.3) is 0 Å². The van der Waals surface area contributed by atoms with Gasteiger partial charge in [0.05, 0.1) is 6.04 Å². The lowest BCUT2D eigenvalue weighted by molar-refractivity contribution is -0.135. The summed E-state index contributed by atoms with van der Waals surface area (Å²) in [7, 11) is 0. The highest BCUT2D eigenvalue weighted by molar-refractivity contribution is 5.82. The Labute approximate surface area is 130 Å². The number of nitrogens with two attached hydrogens (primary N) is 1. The van der Waals surface area contributed by atoms with Gasteiger partial charge in [-0.1, -0.05) is 26.7 Å². The lowest BCUT2D eigenvalue weighted by atomic mass is 9.95. The molecular formula is C17H33N3O. The number of hydrogen-bond acceptors (Lipinski definition) is 3. The third-order valence-corrected chi connectivity index (χ3v) is 5.05. The van der Waals surface area contributed by atoms with Crippen molar-refractivity contribution in [2.75, 3.05) is 32.7 Å². The minimum absolute atomic E-state index is 0.158. The van der Waals surface area contributed by atoms with Crippen LogP contribution >= 0.6 is 0 Å². The van der Waals surface area contributed by atoms with Crippen molar-refractivity contribution in [3.63, 3.8) is 0 Å². The Morgan fingerprint density at radius 3 is 2.38 bits per heavy atom. The van der Waals surface area contributed by atoms with E-state index in [4.69, 9.17) is 5.73 Å². The van der Waals surface area contributed by atoms with Gasteiger partial charge in [0.1, 0.15) is 0 Å². The summed E-state index contributed by atoms with van der Waals surface area (Å²) in [5, 5.41) is 0. The molecule has 1 unspecified atom stereocenters. The normalized spacial score (nSPS) is 26.7. The number of likely N-dealkylation sites (tertiary alicyclic amines) is 2. The van der Waals surface area contributed by atoms with Crippen molar-refractivity contribution < 1.29 is 4.79 Å². The second kappa shape index (κ2) is 8.14. The van der Waals surface area contributed by atoms with E-state index in [1.54, 1.807) is 0 Å². The largest absolute Gasteiger partial charge is 0.341 e. The van der Waals surface area contributed by atoms with Crippen LogP contribution in [0.5, 0.6) is 0 Å². The topological polar surface area (TPSA) is 49.6 Å². The van der Waals surface area contributed by atoms with Crippen LogP contribution in [0.3, 0.4) is 0 Å². The van der Waals surface area contributed by atoms with Crippen LogP contribution < -0.4 is 5.73 Å². The summed E-state index contributed by atoms with van der Waals surface area (Å²) >= 11 is 0. The fourth-order valence-corrected chi connectivity index (χ4v) is 3.59. The van der Waals surface area contributed by atoms with Gasteiger partial charge >= 0.3 is 0 Å². The maximum absolute atomic E-state index is 12.4. The maximum atomic E-state index is 12.4. The molecule has 0 radical (unpaired) electrons. The third-order valence-electron chi connectivity index (χ3n) is 5.05. The van der Waals surface area contributed by atoms with Crippen LogP contribution in [0.25, 0.3) is 0 Å². The zero-order valence-corrected chi connectivity index (χ0v) is 13.9. The molecule has 0 aliphatic carbocycles. The number of piperidine rings is 1. The number of hydrogen-bond donors (Lipinski definition) is 1.